The molecule has 1 N–H and O–H groups in total. The van der Waals surface area contributed by atoms with Gasteiger partial charge in [-0.1, -0.05) is 0 Å². The minimum atomic E-state index is -0.268. The predicted octanol–water partition coefficient (Wildman–Crippen LogP) is 2.99. The normalized spacial score (nSPS) is 14.5. The molecule has 3 heterocycles. The number of carbonyl (C=O) groups excluding carboxylic acids is 1. The molecule has 24 heavy (non-hydrogen) atoms. The highest BCUT2D eigenvalue weighted by atomic mass is 19.1. The monoisotopic (exact) mass is 324 g/mol. The first kappa shape index (κ1) is 14.8. The van der Waals surface area contributed by atoms with Crippen molar-refractivity contribution in [2.75, 3.05) is 6.54 Å². The number of nitrogens with one attached hydrogen (secondary N) is 1. The molecule has 1 aliphatic rings. The summed E-state index contributed by atoms with van der Waals surface area (Å²) in [6.45, 7) is 2.93. The van der Waals surface area contributed by atoms with Crippen LogP contribution in [0.3, 0.4) is 0 Å². The number of benzene rings is 1. The lowest BCUT2D eigenvalue weighted by atomic mass is 10.1. The maximum Gasteiger partial charge on any atom is 0.274 e. The van der Waals surface area contributed by atoms with Gasteiger partial charge in [-0.3, -0.25) is 4.79 Å². The smallest absolute Gasteiger partial charge is 0.274 e. The van der Waals surface area contributed by atoms with Crippen molar-refractivity contribution >= 4 is 16.8 Å². The fourth-order valence-corrected chi connectivity index (χ4v) is 3.23. The average molecular weight is 324 g/mol. The molecule has 0 spiro atoms. The minimum absolute atomic E-state index is 0.138. The van der Waals surface area contributed by atoms with Gasteiger partial charge in [0.25, 0.3) is 5.91 Å². The molecule has 1 aliphatic heterocycles. The lowest BCUT2D eigenvalue weighted by Gasteiger charge is -2.20. The fourth-order valence-electron chi connectivity index (χ4n) is 3.23. The van der Waals surface area contributed by atoms with Crippen LogP contribution < -0.4 is 0 Å². The molecule has 1 amide bonds. The van der Waals surface area contributed by atoms with Crippen molar-refractivity contribution in [3.05, 3.63) is 58.8 Å². The van der Waals surface area contributed by atoms with E-state index < -0.39 is 0 Å². The quantitative estimate of drug-likeness (QED) is 0.748. The van der Waals surface area contributed by atoms with Crippen LogP contribution in [0.4, 0.5) is 4.39 Å². The molecule has 0 bridgehead atoms. The van der Waals surface area contributed by atoms with E-state index in [-0.39, 0.29) is 11.7 Å². The summed E-state index contributed by atoms with van der Waals surface area (Å²) in [5, 5.41) is 8.80. The molecule has 0 saturated carbocycles. The number of rotatable bonds is 1. The molecule has 0 atom stereocenters. The Morgan fingerprint density at radius 2 is 2.12 bits per heavy atom. The highest BCUT2D eigenvalue weighted by molar-refractivity contribution is 5.93. The maximum atomic E-state index is 13.6. The molecule has 0 aliphatic carbocycles. The van der Waals surface area contributed by atoms with Crippen LogP contribution in [0.2, 0.25) is 0 Å². The van der Waals surface area contributed by atoms with E-state index in [1.807, 2.05) is 6.92 Å². The van der Waals surface area contributed by atoms with E-state index in [0.29, 0.717) is 18.8 Å². The van der Waals surface area contributed by atoms with Gasteiger partial charge in [-0.15, -0.1) is 5.10 Å². The first-order valence-corrected chi connectivity index (χ1v) is 8.00. The molecule has 5 nitrogen and oxygen atoms in total. The van der Waals surface area contributed by atoms with Gasteiger partial charge in [0.2, 0.25) is 0 Å². The summed E-state index contributed by atoms with van der Waals surface area (Å²) in [7, 11) is 0. The molecule has 3 aromatic rings. The van der Waals surface area contributed by atoms with Crippen LogP contribution in [0.1, 0.15) is 33.9 Å². The second-order valence-electron chi connectivity index (χ2n) is 6.16. The van der Waals surface area contributed by atoms with Crippen molar-refractivity contribution in [1.29, 1.82) is 0 Å². The number of nitrogens with zero attached hydrogens (tertiary/aromatic N) is 3. The Morgan fingerprint density at radius 3 is 2.92 bits per heavy atom. The first-order valence-electron chi connectivity index (χ1n) is 8.00. The Labute approximate surface area is 138 Å². The minimum Gasteiger partial charge on any atom is -0.358 e. The highest BCUT2D eigenvalue weighted by Gasteiger charge is 2.24. The van der Waals surface area contributed by atoms with Crippen LogP contribution in [-0.2, 0) is 13.0 Å². The Bertz CT molecular complexity index is 917. The van der Waals surface area contributed by atoms with E-state index in [9.17, 15) is 9.18 Å². The summed E-state index contributed by atoms with van der Waals surface area (Å²) >= 11 is 0. The van der Waals surface area contributed by atoms with Crippen LogP contribution in [0, 0.1) is 12.7 Å². The van der Waals surface area contributed by atoms with E-state index in [0.717, 1.165) is 40.7 Å². The van der Waals surface area contributed by atoms with Gasteiger partial charge in [0, 0.05) is 35.2 Å². The van der Waals surface area contributed by atoms with E-state index >= 15 is 0 Å². The number of carbonyl (C=O) groups is 1. The maximum absolute atomic E-state index is 13.6. The SMILES string of the molecule is Cc1ccc(C(=O)N2CCCc3[nH]c4ccc(F)cc4c3C2)nn1. The van der Waals surface area contributed by atoms with E-state index in [4.69, 9.17) is 0 Å². The predicted molar refractivity (Wildman–Crippen MR) is 88.1 cm³/mol. The second-order valence-corrected chi connectivity index (χ2v) is 6.16. The number of halogens is 1. The van der Waals surface area contributed by atoms with Gasteiger partial charge in [0.05, 0.1) is 5.69 Å². The third-order valence-electron chi connectivity index (χ3n) is 4.46. The molecule has 0 saturated heterocycles. The number of fused-ring (bicyclic) bond motifs is 3. The molecule has 1 aromatic carbocycles. The van der Waals surface area contributed by atoms with Crippen molar-refractivity contribution < 1.29 is 9.18 Å². The number of hydrogen-bond acceptors (Lipinski definition) is 3. The number of hydrogen-bond donors (Lipinski definition) is 1. The third-order valence-corrected chi connectivity index (χ3v) is 4.46. The summed E-state index contributed by atoms with van der Waals surface area (Å²) < 4.78 is 13.6. The lowest BCUT2D eigenvalue weighted by molar-refractivity contribution is 0.0739. The molecule has 0 fully saturated rings. The first-order chi connectivity index (χ1) is 11.6. The van der Waals surface area contributed by atoms with Crippen molar-refractivity contribution in [2.45, 2.75) is 26.3 Å². The van der Waals surface area contributed by atoms with Crippen molar-refractivity contribution in [3.8, 4) is 0 Å². The van der Waals surface area contributed by atoms with Gasteiger partial charge in [-0.05, 0) is 50.1 Å². The van der Waals surface area contributed by atoms with Crippen LogP contribution >= 0.6 is 0 Å². The Hall–Kier alpha value is -2.76. The van der Waals surface area contributed by atoms with Crippen LogP contribution in [0.15, 0.2) is 30.3 Å². The molecule has 6 heteroatoms. The van der Waals surface area contributed by atoms with Gasteiger partial charge in [-0.2, -0.15) is 5.10 Å². The van der Waals surface area contributed by atoms with Crippen LogP contribution in [-0.4, -0.2) is 32.5 Å². The number of aromatic nitrogens is 3. The summed E-state index contributed by atoms with van der Waals surface area (Å²) in [6, 6.07) is 8.21. The summed E-state index contributed by atoms with van der Waals surface area (Å²) in [4.78, 5) is 17.9. The fraction of sp³-hybridized carbons (Fsp3) is 0.278. The largest absolute Gasteiger partial charge is 0.358 e. The van der Waals surface area contributed by atoms with E-state index in [2.05, 4.69) is 15.2 Å². The molecule has 0 radical (unpaired) electrons. The molecular weight excluding hydrogens is 307 g/mol. The van der Waals surface area contributed by atoms with Gasteiger partial charge >= 0.3 is 0 Å². The summed E-state index contributed by atoms with van der Waals surface area (Å²) in [6.07, 6.45) is 1.70. The van der Waals surface area contributed by atoms with Crippen LogP contribution in [0.5, 0.6) is 0 Å². The summed E-state index contributed by atoms with van der Waals surface area (Å²) in [5.74, 6) is -0.406. The zero-order valence-electron chi connectivity index (χ0n) is 13.3. The van der Waals surface area contributed by atoms with E-state index in [1.54, 1.807) is 23.1 Å². The van der Waals surface area contributed by atoms with Crippen molar-refractivity contribution in [3.63, 3.8) is 0 Å². The van der Waals surface area contributed by atoms with Gasteiger partial charge in [0.15, 0.2) is 5.69 Å². The summed E-state index contributed by atoms with van der Waals surface area (Å²) in [5.41, 5.74) is 4.11. The van der Waals surface area contributed by atoms with Crippen molar-refractivity contribution in [1.82, 2.24) is 20.1 Å². The zero-order chi connectivity index (χ0) is 16.7. The standard InChI is InChI=1S/C18H17FN4O/c1-11-4-6-17(22-21-11)18(24)23-8-2-3-15-14(10-23)13-9-12(19)5-7-16(13)20-15/h4-7,9,20H,2-3,8,10H2,1H3. The molecular formula is C18H17FN4O. The zero-order valence-corrected chi connectivity index (χ0v) is 13.3. The van der Waals surface area contributed by atoms with E-state index in [1.165, 1.54) is 12.1 Å². The number of aryl methyl sites for hydroxylation is 2. The molecule has 2 aromatic heterocycles. The van der Waals surface area contributed by atoms with Crippen molar-refractivity contribution in [2.24, 2.45) is 0 Å². The topological polar surface area (TPSA) is 61.9 Å². The highest BCUT2D eigenvalue weighted by Crippen LogP contribution is 2.28. The third kappa shape index (κ3) is 2.54. The number of amides is 1. The second kappa shape index (κ2) is 5.70. The Balaban J connectivity index is 1.70. The molecule has 0 unspecified atom stereocenters. The van der Waals surface area contributed by atoms with Gasteiger partial charge in [0.1, 0.15) is 5.82 Å². The average Bonchev–Trinajstić information content (AvgIpc) is 2.77. The Morgan fingerprint density at radius 1 is 1.25 bits per heavy atom. The molecule has 4 rings (SSSR count). The Kier molecular flexibility index (Phi) is 3.52. The molecule has 122 valence electrons. The van der Waals surface area contributed by atoms with Crippen LogP contribution in [0.25, 0.3) is 10.9 Å². The lowest BCUT2D eigenvalue weighted by Crippen LogP contribution is -2.31. The van der Waals surface area contributed by atoms with Gasteiger partial charge in [-0.25, -0.2) is 4.39 Å². The van der Waals surface area contributed by atoms with Gasteiger partial charge < -0.3 is 9.88 Å². The number of H-pyrrole nitrogens is 1. The number of aromatic amines is 1.